The van der Waals surface area contributed by atoms with Crippen LogP contribution in [0.5, 0.6) is 5.88 Å². The number of pyridine rings is 2. The minimum Gasteiger partial charge on any atom is -0.476 e. The number of ether oxygens (including phenoxy) is 1. The number of nitrogens with one attached hydrogen (secondary N) is 2. The van der Waals surface area contributed by atoms with Crippen molar-refractivity contribution in [2.24, 2.45) is 4.99 Å². The Kier molecular flexibility index (Phi) is 11.0. The lowest BCUT2D eigenvalue weighted by molar-refractivity contribution is -0.137. The SMILES string of the molecule is CCNC(=NCCc1ccc(Cl)nc1)NCCOc1ccc(C(F)(F)F)cn1.I. The first-order valence-electron chi connectivity index (χ1n) is 8.67. The summed E-state index contributed by atoms with van der Waals surface area (Å²) in [6, 6.07) is 5.77. The maximum atomic E-state index is 12.5. The quantitative estimate of drug-likeness (QED) is 0.174. The first-order chi connectivity index (χ1) is 13.4. The van der Waals surface area contributed by atoms with Gasteiger partial charge in [-0.3, -0.25) is 4.99 Å². The van der Waals surface area contributed by atoms with E-state index in [2.05, 4.69) is 25.6 Å². The lowest BCUT2D eigenvalue weighted by Crippen LogP contribution is -2.39. The summed E-state index contributed by atoms with van der Waals surface area (Å²) in [6.07, 6.45) is -1.23. The molecule has 0 fully saturated rings. The number of halogens is 5. The van der Waals surface area contributed by atoms with E-state index in [1.54, 1.807) is 12.3 Å². The summed E-state index contributed by atoms with van der Waals surface area (Å²) in [5.74, 6) is 0.750. The molecular formula is C18H22ClF3IN5O. The molecule has 0 saturated carbocycles. The van der Waals surface area contributed by atoms with Gasteiger partial charge in [0.05, 0.1) is 12.1 Å². The van der Waals surface area contributed by atoms with E-state index in [0.717, 1.165) is 17.8 Å². The van der Waals surface area contributed by atoms with Gasteiger partial charge >= 0.3 is 6.18 Å². The van der Waals surface area contributed by atoms with Gasteiger partial charge in [-0.1, -0.05) is 17.7 Å². The molecule has 0 aliphatic carbocycles. The van der Waals surface area contributed by atoms with Gasteiger partial charge in [-0.25, -0.2) is 9.97 Å². The molecule has 0 aliphatic rings. The van der Waals surface area contributed by atoms with Crippen molar-refractivity contribution in [1.82, 2.24) is 20.6 Å². The average Bonchev–Trinajstić information content (AvgIpc) is 2.66. The minimum absolute atomic E-state index is 0. The zero-order valence-electron chi connectivity index (χ0n) is 15.7. The van der Waals surface area contributed by atoms with E-state index in [9.17, 15) is 13.2 Å². The molecule has 0 unspecified atom stereocenters. The van der Waals surface area contributed by atoms with Crippen molar-refractivity contribution >= 4 is 41.5 Å². The Labute approximate surface area is 189 Å². The zero-order chi connectivity index (χ0) is 20.4. The number of alkyl halides is 3. The standard InChI is InChI=1S/C18H21ClF3N5O.HI/c1-2-23-17(24-8-7-13-3-5-15(19)26-11-13)25-9-10-28-16-6-4-14(12-27-16)18(20,21)22;/h3-6,11-12H,2,7-10H2,1H3,(H2,23,24,25);1H. The van der Waals surface area contributed by atoms with Crippen LogP contribution < -0.4 is 15.4 Å². The highest BCUT2D eigenvalue weighted by Crippen LogP contribution is 2.29. The largest absolute Gasteiger partial charge is 0.476 e. The molecule has 2 aromatic rings. The van der Waals surface area contributed by atoms with Gasteiger partial charge in [-0.2, -0.15) is 13.2 Å². The van der Waals surface area contributed by atoms with E-state index in [1.807, 2.05) is 13.0 Å². The van der Waals surface area contributed by atoms with E-state index < -0.39 is 11.7 Å². The van der Waals surface area contributed by atoms with Crippen LogP contribution in [0.15, 0.2) is 41.7 Å². The van der Waals surface area contributed by atoms with E-state index in [-0.39, 0.29) is 36.5 Å². The van der Waals surface area contributed by atoms with Gasteiger partial charge in [0.15, 0.2) is 5.96 Å². The predicted molar refractivity (Wildman–Crippen MR) is 117 cm³/mol. The molecule has 2 N–H and O–H groups in total. The van der Waals surface area contributed by atoms with Crippen molar-refractivity contribution in [1.29, 1.82) is 0 Å². The number of hydrogen-bond acceptors (Lipinski definition) is 4. The molecule has 0 spiro atoms. The van der Waals surface area contributed by atoms with E-state index in [0.29, 0.717) is 37.2 Å². The van der Waals surface area contributed by atoms with Crippen molar-refractivity contribution in [2.75, 3.05) is 26.2 Å². The Morgan fingerprint density at radius 2 is 1.93 bits per heavy atom. The molecule has 0 aliphatic heterocycles. The molecule has 160 valence electrons. The molecule has 0 bridgehead atoms. The molecule has 2 rings (SSSR count). The van der Waals surface area contributed by atoms with Crippen LogP contribution in [0.3, 0.4) is 0 Å². The monoisotopic (exact) mass is 543 g/mol. The Morgan fingerprint density at radius 3 is 2.52 bits per heavy atom. The molecule has 0 aromatic carbocycles. The second kappa shape index (κ2) is 12.7. The molecule has 0 amide bonds. The summed E-state index contributed by atoms with van der Waals surface area (Å²) >= 11 is 5.76. The van der Waals surface area contributed by atoms with E-state index >= 15 is 0 Å². The molecule has 0 atom stereocenters. The number of rotatable bonds is 8. The Bertz CT molecular complexity index is 758. The number of guanidine groups is 1. The third-order valence-corrected chi connectivity index (χ3v) is 3.73. The van der Waals surface area contributed by atoms with Crippen LogP contribution in [0.25, 0.3) is 0 Å². The van der Waals surface area contributed by atoms with Crippen LogP contribution in [-0.2, 0) is 12.6 Å². The summed E-state index contributed by atoms with van der Waals surface area (Å²) < 4.78 is 42.8. The average molecular weight is 544 g/mol. The van der Waals surface area contributed by atoms with Gasteiger partial charge in [-0.15, -0.1) is 24.0 Å². The van der Waals surface area contributed by atoms with Gasteiger partial charge in [0, 0.05) is 31.5 Å². The molecule has 0 radical (unpaired) electrons. The summed E-state index contributed by atoms with van der Waals surface area (Å²) in [6.45, 7) is 3.83. The first kappa shape index (κ1) is 25.2. The molecule has 11 heteroatoms. The fraction of sp³-hybridized carbons (Fsp3) is 0.389. The second-order valence-corrected chi connectivity index (χ2v) is 6.05. The maximum Gasteiger partial charge on any atom is 0.417 e. The third kappa shape index (κ3) is 9.48. The number of hydrogen-bond donors (Lipinski definition) is 2. The highest BCUT2D eigenvalue weighted by molar-refractivity contribution is 14.0. The first-order valence-corrected chi connectivity index (χ1v) is 9.05. The van der Waals surface area contributed by atoms with Gasteiger partial charge in [0.2, 0.25) is 5.88 Å². The van der Waals surface area contributed by atoms with Crippen LogP contribution in [-0.4, -0.2) is 42.2 Å². The Balaban J connectivity index is 0.00000420. The highest BCUT2D eigenvalue weighted by atomic mass is 127. The van der Waals surface area contributed by atoms with E-state index in [1.165, 1.54) is 6.07 Å². The molecule has 2 heterocycles. The maximum absolute atomic E-state index is 12.5. The Hall–Kier alpha value is -1.82. The van der Waals surface area contributed by atoms with Crippen molar-refractivity contribution < 1.29 is 17.9 Å². The van der Waals surface area contributed by atoms with Gasteiger partial charge in [0.1, 0.15) is 11.8 Å². The van der Waals surface area contributed by atoms with Gasteiger partial charge in [-0.05, 0) is 31.0 Å². The number of aliphatic imine (C=N–C) groups is 1. The highest BCUT2D eigenvalue weighted by Gasteiger charge is 2.30. The smallest absolute Gasteiger partial charge is 0.417 e. The predicted octanol–water partition coefficient (Wildman–Crippen LogP) is 3.94. The summed E-state index contributed by atoms with van der Waals surface area (Å²) in [4.78, 5) is 12.1. The van der Waals surface area contributed by atoms with Crippen LogP contribution >= 0.6 is 35.6 Å². The normalized spacial score (nSPS) is 11.6. The summed E-state index contributed by atoms with van der Waals surface area (Å²) in [5.41, 5.74) is 0.219. The fourth-order valence-electron chi connectivity index (χ4n) is 2.15. The van der Waals surface area contributed by atoms with Crippen LogP contribution in [0, 0.1) is 0 Å². The molecule has 6 nitrogen and oxygen atoms in total. The second-order valence-electron chi connectivity index (χ2n) is 5.66. The van der Waals surface area contributed by atoms with E-state index in [4.69, 9.17) is 16.3 Å². The molecule has 29 heavy (non-hydrogen) atoms. The van der Waals surface area contributed by atoms with Crippen molar-refractivity contribution in [2.45, 2.75) is 19.5 Å². The van der Waals surface area contributed by atoms with Crippen molar-refractivity contribution in [3.63, 3.8) is 0 Å². The van der Waals surface area contributed by atoms with Crippen LogP contribution in [0.2, 0.25) is 5.15 Å². The van der Waals surface area contributed by atoms with Crippen molar-refractivity contribution in [3.8, 4) is 5.88 Å². The zero-order valence-corrected chi connectivity index (χ0v) is 18.8. The molecule has 2 aromatic heterocycles. The van der Waals surface area contributed by atoms with Gasteiger partial charge < -0.3 is 15.4 Å². The topological polar surface area (TPSA) is 71.4 Å². The lowest BCUT2D eigenvalue weighted by atomic mass is 10.2. The summed E-state index contributed by atoms with van der Waals surface area (Å²) in [7, 11) is 0. The molecular weight excluding hydrogens is 522 g/mol. The minimum atomic E-state index is -4.41. The van der Waals surface area contributed by atoms with Crippen molar-refractivity contribution in [3.05, 3.63) is 52.9 Å². The van der Waals surface area contributed by atoms with Crippen LogP contribution in [0.1, 0.15) is 18.1 Å². The van der Waals surface area contributed by atoms with Crippen LogP contribution in [0.4, 0.5) is 13.2 Å². The molecule has 0 saturated heterocycles. The number of nitrogens with zero attached hydrogens (tertiary/aromatic N) is 3. The Morgan fingerprint density at radius 1 is 1.14 bits per heavy atom. The third-order valence-electron chi connectivity index (χ3n) is 3.51. The fourth-order valence-corrected chi connectivity index (χ4v) is 2.26. The number of aromatic nitrogens is 2. The lowest BCUT2D eigenvalue weighted by Gasteiger charge is -2.12. The van der Waals surface area contributed by atoms with Gasteiger partial charge in [0.25, 0.3) is 0 Å². The summed E-state index contributed by atoms with van der Waals surface area (Å²) in [5, 5.41) is 6.65.